The molecule has 0 aromatic heterocycles. The molecule has 0 bridgehead atoms. The fourth-order valence-electron chi connectivity index (χ4n) is 1.95. The standard InChI is InChI=1S/C14H27NO/c1-11(2)10-15(12-6-7-12)9-8-13(16)14(3,4)5/h11-12H,6-10H2,1-5H3. The van der Waals surface area contributed by atoms with Gasteiger partial charge >= 0.3 is 0 Å². The van der Waals surface area contributed by atoms with Gasteiger partial charge in [0.1, 0.15) is 5.78 Å². The van der Waals surface area contributed by atoms with Gasteiger partial charge in [-0.3, -0.25) is 9.69 Å². The number of rotatable bonds is 6. The SMILES string of the molecule is CC(C)CN(CCC(=O)C(C)(C)C)C1CC1. The summed E-state index contributed by atoms with van der Waals surface area (Å²) in [5, 5.41) is 0. The maximum atomic E-state index is 11.9. The molecule has 1 rings (SSSR count). The number of hydrogen-bond donors (Lipinski definition) is 0. The molecule has 94 valence electrons. The van der Waals surface area contributed by atoms with Crippen molar-refractivity contribution in [1.82, 2.24) is 4.90 Å². The predicted octanol–water partition coefficient (Wildman–Crippen LogP) is 3.11. The molecule has 16 heavy (non-hydrogen) atoms. The first kappa shape index (κ1) is 13.7. The minimum atomic E-state index is -0.174. The molecule has 2 heteroatoms. The van der Waals surface area contributed by atoms with Crippen LogP contribution in [0.25, 0.3) is 0 Å². The van der Waals surface area contributed by atoms with Crippen LogP contribution in [0, 0.1) is 11.3 Å². The third kappa shape index (κ3) is 4.65. The van der Waals surface area contributed by atoms with E-state index in [-0.39, 0.29) is 5.41 Å². The lowest BCUT2D eigenvalue weighted by Crippen LogP contribution is -2.34. The summed E-state index contributed by atoms with van der Waals surface area (Å²) >= 11 is 0. The van der Waals surface area contributed by atoms with Crippen LogP contribution in [0.5, 0.6) is 0 Å². The van der Waals surface area contributed by atoms with E-state index < -0.39 is 0 Å². The molecule has 1 aliphatic rings. The Kier molecular flexibility index (Phi) is 4.54. The summed E-state index contributed by atoms with van der Waals surface area (Å²) < 4.78 is 0. The molecule has 0 saturated heterocycles. The monoisotopic (exact) mass is 225 g/mol. The van der Waals surface area contributed by atoms with Crippen LogP contribution in [0.15, 0.2) is 0 Å². The molecule has 0 unspecified atom stereocenters. The van der Waals surface area contributed by atoms with Crippen LogP contribution in [0.4, 0.5) is 0 Å². The first-order valence-electron chi connectivity index (χ1n) is 6.58. The summed E-state index contributed by atoms with van der Waals surface area (Å²) in [5.41, 5.74) is -0.174. The lowest BCUT2D eigenvalue weighted by Gasteiger charge is -2.25. The molecule has 0 aromatic carbocycles. The minimum absolute atomic E-state index is 0.174. The molecule has 0 radical (unpaired) electrons. The first-order valence-corrected chi connectivity index (χ1v) is 6.58. The van der Waals surface area contributed by atoms with Crippen LogP contribution in [-0.2, 0) is 4.79 Å². The highest BCUT2D eigenvalue weighted by Gasteiger charge is 2.30. The summed E-state index contributed by atoms with van der Waals surface area (Å²) in [6.45, 7) is 12.6. The highest BCUT2D eigenvalue weighted by molar-refractivity contribution is 5.83. The molecule has 0 aromatic rings. The van der Waals surface area contributed by atoms with E-state index in [1.54, 1.807) is 0 Å². The topological polar surface area (TPSA) is 20.3 Å². The van der Waals surface area contributed by atoms with E-state index >= 15 is 0 Å². The molecular formula is C14H27NO. The van der Waals surface area contributed by atoms with Crippen molar-refractivity contribution >= 4 is 5.78 Å². The summed E-state index contributed by atoms with van der Waals surface area (Å²) in [6, 6.07) is 0.773. The van der Waals surface area contributed by atoms with Crippen molar-refractivity contribution in [2.75, 3.05) is 13.1 Å². The summed E-state index contributed by atoms with van der Waals surface area (Å²) in [7, 11) is 0. The molecule has 1 aliphatic carbocycles. The Balaban J connectivity index is 2.35. The number of nitrogens with zero attached hydrogens (tertiary/aromatic N) is 1. The number of carbonyl (C=O) groups is 1. The van der Waals surface area contributed by atoms with Crippen molar-refractivity contribution in [3.63, 3.8) is 0 Å². The van der Waals surface area contributed by atoms with Crippen molar-refractivity contribution in [3.8, 4) is 0 Å². The maximum absolute atomic E-state index is 11.9. The fraction of sp³-hybridized carbons (Fsp3) is 0.929. The Morgan fingerprint density at radius 3 is 2.25 bits per heavy atom. The number of carbonyl (C=O) groups excluding carboxylic acids is 1. The van der Waals surface area contributed by atoms with Gasteiger partial charge < -0.3 is 0 Å². The van der Waals surface area contributed by atoms with Gasteiger partial charge in [0.05, 0.1) is 0 Å². The largest absolute Gasteiger partial charge is 0.300 e. The smallest absolute Gasteiger partial charge is 0.139 e. The fourth-order valence-corrected chi connectivity index (χ4v) is 1.95. The third-order valence-electron chi connectivity index (χ3n) is 3.13. The molecule has 0 N–H and O–H groups in total. The lowest BCUT2D eigenvalue weighted by atomic mass is 9.89. The highest BCUT2D eigenvalue weighted by atomic mass is 16.1. The average Bonchev–Trinajstić information content (AvgIpc) is 2.92. The first-order chi connectivity index (χ1) is 7.30. The summed E-state index contributed by atoms with van der Waals surface area (Å²) in [6.07, 6.45) is 3.37. The van der Waals surface area contributed by atoms with Gasteiger partial charge in [-0.25, -0.2) is 0 Å². The molecule has 1 fully saturated rings. The van der Waals surface area contributed by atoms with Crippen LogP contribution in [0.2, 0.25) is 0 Å². The molecule has 0 atom stereocenters. The van der Waals surface area contributed by atoms with E-state index in [0.717, 1.165) is 19.1 Å². The number of hydrogen-bond acceptors (Lipinski definition) is 2. The van der Waals surface area contributed by atoms with E-state index in [2.05, 4.69) is 18.7 Å². The predicted molar refractivity (Wildman–Crippen MR) is 68.5 cm³/mol. The quantitative estimate of drug-likeness (QED) is 0.692. The van der Waals surface area contributed by atoms with Crippen molar-refractivity contribution in [1.29, 1.82) is 0 Å². The Hall–Kier alpha value is -0.370. The molecule has 0 heterocycles. The summed E-state index contributed by atoms with van der Waals surface area (Å²) in [4.78, 5) is 14.4. The van der Waals surface area contributed by atoms with Gasteiger partial charge in [-0.1, -0.05) is 34.6 Å². The minimum Gasteiger partial charge on any atom is -0.300 e. The Morgan fingerprint density at radius 2 is 1.88 bits per heavy atom. The molecule has 0 aliphatic heterocycles. The Bertz CT molecular complexity index is 236. The Morgan fingerprint density at radius 1 is 1.31 bits per heavy atom. The molecule has 2 nitrogen and oxygen atoms in total. The van der Waals surface area contributed by atoms with Gasteiger partial charge in [0, 0.05) is 31.0 Å². The van der Waals surface area contributed by atoms with E-state index in [0.29, 0.717) is 18.1 Å². The number of Topliss-reactive ketones (excluding diaryl/α,β-unsaturated/α-hetero) is 1. The molecule has 0 spiro atoms. The zero-order chi connectivity index (χ0) is 12.3. The van der Waals surface area contributed by atoms with Crippen LogP contribution in [0.1, 0.15) is 53.9 Å². The second-order valence-electron chi connectivity index (χ2n) is 6.54. The van der Waals surface area contributed by atoms with Crippen molar-refractivity contribution in [2.45, 2.75) is 59.9 Å². The van der Waals surface area contributed by atoms with Gasteiger partial charge in [-0.15, -0.1) is 0 Å². The zero-order valence-corrected chi connectivity index (χ0v) is 11.5. The molecule has 0 amide bonds. The van der Waals surface area contributed by atoms with Gasteiger partial charge in [0.2, 0.25) is 0 Å². The van der Waals surface area contributed by atoms with Crippen molar-refractivity contribution in [2.24, 2.45) is 11.3 Å². The van der Waals surface area contributed by atoms with Crippen molar-refractivity contribution < 1.29 is 4.79 Å². The average molecular weight is 225 g/mol. The zero-order valence-electron chi connectivity index (χ0n) is 11.5. The van der Waals surface area contributed by atoms with Crippen LogP contribution in [-0.4, -0.2) is 29.8 Å². The van der Waals surface area contributed by atoms with Gasteiger partial charge in [-0.2, -0.15) is 0 Å². The van der Waals surface area contributed by atoms with E-state index in [1.807, 2.05) is 20.8 Å². The van der Waals surface area contributed by atoms with Crippen molar-refractivity contribution in [3.05, 3.63) is 0 Å². The number of ketones is 1. The third-order valence-corrected chi connectivity index (χ3v) is 3.13. The maximum Gasteiger partial charge on any atom is 0.139 e. The second kappa shape index (κ2) is 5.31. The van der Waals surface area contributed by atoms with Crippen LogP contribution >= 0.6 is 0 Å². The van der Waals surface area contributed by atoms with Gasteiger partial charge in [0.15, 0.2) is 0 Å². The van der Waals surface area contributed by atoms with E-state index in [1.165, 1.54) is 12.8 Å². The van der Waals surface area contributed by atoms with Crippen LogP contribution < -0.4 is 0 Å². The Labute approximate surface area is 100 Å². The second-order valence-corrected chi connectivity index (χ2v) is 6.54. The van der Waals surface area contributed by atoms with Gasteiger partial charge in [-0.05, 0) is 18.8 Å². The van der Waals surface area contributed by atoms with E-state index in [9.17, 15) is 4.79 Å². The van der Waals surface area contributed by atoms with Crippen LogP contribution in [0.3, 0.4) is 0 Å². The highest BCUT2D eigenvalue weighted by Crippen LogP contribution is 2.28. The lowest BCUT2D eigenvalue weighted by molar-refractivity contribution is -0.126. The molecular weight excluding hydrogens is 198 g/mol. The van der Waals surface area contributed by atoms with E-state index in [4.69, 9.17) is 0 Å². The normalized spacial score (nSPS) is 17.2. The van der Waals surface area contributed by atoms with Gasteiger partial charge in [0.25, 0.3) is 0 Å². The summed E-state index contributed by atoms with van der Waals surface area (Å²) in [5.74, 6) is 1.09. The molecule has 1 saturated carbocycles.